The molecule has 0 radical (unpaired) electrons. The number of rotatable bonds is 4. The molecule has 1 aromatic heterocycles. The quantitative estimate of drug-likeness (QED) is 0.660. The Balaban J connectivity index is 2.23. The normalized spacial score (nSPS) is 12.4. The fourth-order valence-corrected chi connectivity index (χ4v) is 1.76. The third-order valence-electron chi connectivity index (χ3n) is 2.74. The van der Waals surface area contributed by atoms with E-state index < -0.39 is 23.5 Å². The minimum Gasteiger partial charge on any atom is -0.271 e. The molecule has 6 heteroatoms. The van der Waals surface area contributed by atoms with Gasteiger partial charge in [0.15, 0.2) is 0 Å². The van der Waals surface area contributed by atoms with Crippen LogP contribution in [0.2, 0.25) is 0 Å². The van der Waals surface area contributed by atoms with Gasteiger partial charge in [-0.25, -0.2) is 13.2 Å². The maximum absolute atomic E-state index is 13.5. The van der Waals surface area contributed by atoms with E-state index in [0.29, 0.717) is 5.69 Å². The van der Waals surface area contributed by atoms with Gasteiger partial charge in [0.05, 0.1) is 17.9 Å². The van der Waals surface area contributed by atoms with Crippen molar-refractivity contribution in [2.24, 2.45) is 5.84 Å². The molecule has 2 rings (SSSR count). The summed E-state index contributed by atoms with van der Waals surface area (Å²) in [6.45, 7) is 0. The molecule has 0 fully saturated rings. The molecule has 3 nitrogen and oxygen atoms in total. The van der Waals surface area contributed by atoms with Gasteiger partial charge in [0.1, 0.15) is 17.5 Å². The molecule has 0 bridgehead atoms. The lowest BCUT2D eigenvalue weighted by molar-refractivity contribution is 0.511. The van der Waals surface area contributed by atoms with E-state index in [2.05, 4.69) is 10.4 Å². The number of aromatic nitrogens is 1. The van der Waals surface area contributed by atoms with E-state index >= 15 is 0 Å². The average Bonchev–Trinajstić information content (AvgIpc) is 2.41. The van der Waals surface area contributed by atoms with Crippen LogP contribution in [0.4, 0.5) is 13.2 Å². The second kappa shape index (κ2) is 5.81. The average molecular weight is 267 g/mol. The van der Waals surface area contributed by atoms with E-state index in [1.54, 1.807) is 0 Å². The largest absolute Gasteiger partial charge is 0.271 e. The molecule has 100 valence electrons. The van der Waals surface area contributed by atoms with Crippen LogP contribution in [-0.4, -0.2) is 4.98 Å². The first-order valence-electron chi connectivity index (χ1n) is 5.61. The first kappa shape index (κ1) is 13.5. The van der Waals surface area contributed by atoms with Crippen molar-refractivity contribution in [2.75, 3.05) is 0 Å². The molecule has 2 aromatic rings. The second-order valence-electron chi connectivity index (χ2n) is 4.06. The molecule has 0 aliphatic carbocycles. The van der Waals surface area contributed by atoms with E-state index in [9.17, 15) is 13.2 Å². The molecule has 0 saturated carbocycles. The maximum atomic E-state index is 13.5. The van der Waals surface area contributed by atoms with Crippen molar-refractivity contribution in [1.82, 2.24) is 10.4 Å². The lowest BCUT2D eigenvalue weighted by Gasteiger charge is -2.15. The molecule has 0 aliphatic heterocycles. The van der Waals surface area contributed by atoms with Crippen molar-refractivity contribution < 1.29 is 13.2 Å². The molecular weight excluding hydrogens is 255 g/mol. The van der Waals surface area contributed by atoms with Crippen LogP contribution in [0, 0.1) is 17.5 Å². The topological polar surface area (TPSA) is 50.9 Å². The van der Waals surface area contributed by atoms with Crippen LogP contribution >= 0.6 is 0 Å². The Kier molecular flexibility index (Phi) is 4.13. The van der Waals surface area contributed by atoms with Gasteiger partial charge < -0.3 is 0 Å². The third-order valence-corrected chi connectivity index (χ3v) is 2.74. The first-order chi connectivity index (χ1) is 9.10. The predicted molar refractivity (Wildman–Crippen MR) is 64.3 cm³/mol. The molecule has 19 heavy (non-hydrogen) atoms. The van der Waals surface area contributed by atoms with Gasteiger partial charge in [0.25, 0.3) is 0 Å². The number of hydrogen-bond acceptors (Lipinski definition) is 3. The van der Waals surface area contributed by atoms with Crippen LogP contribution in [0.15, 0.2) is 36.5 Å². The molecule has 1 atom stereocenters. The second-order valence-corrected chi connectivity index (χ2v) is 4.06. The van der Waals surface area contributed by atoms with Gasteiger partial charge in [-0.3, -0.25) is 16.3 Å². The minimum atomic E-state index is -0.531. The summed E-state index contributed by atoms with van der Waals surface area (Å²) in [6, 6.07) is 5.34. The Hall–Kier alpha value is -1.92. The van der Waals surface area contributed by atoms with E-state index in [-0.39, 0.29) is 12.0 Å². The molecule has 3 N–H and O–H groups in total. The Morgan fingerprint density at radius 2 is 1.84 bits per heavy atom. The highest BCUT2D eigenvalue weighted by atomic mass is 19.1. The van der Waals surface area contributed by atoms with E-state index in [1.165, 1.54) is 12.1 Å². The number of pyridine rings is 1. The number of hydrogen-bond donors (Lipinski definition) is 2. The smallest absolute Gasteiger partial charge is 0.141 e. The molecule has 1 aromatic carbocycles. The maximum Gasteiger partial charge on any atom is 0.141 e. The van der Waals surface area contributed by atoms with Gasteiger partial charge in [-0.2, -0.15) is 0 Å². The van der Waals surface area contributed by atoms with Gasteiger partial charge in [-0.15, -0.1) is 0 Å². The predicted octanol–water partition coefficient (Wildman–Crippen LogP) is 2.25. The summed E-state index contributed by atoms with van der Waals surface area (Å²) < 4.78 is 39.4. The number of nitrogens with zero attached hydrogens (tertiary/aromatic N) is 1. The summed E-state index contributed by atoms with van der Waals surface area (Å²) in [5, 5.41) is 0. The molecule has 0 spiro atoms. The van der Waals surface area contributed by atoms with Crippen LogP contribution in [0.5, 0.6) is 0 Å². The number of halogens is 3. The third kappa shape index (κ3) is 3.30. The van der Waals surface area contributed by atoms with E-state index in [0.717, 1.165) is 24.4 Å². The summed E-state index contributed by atoms with van der Waals surface area (Å²) in [6.07, 6.45) is 1.15. The fraction of sp³-hybridized carbons (Fsp3) is 0.154. The summed E-state index contributed by atoms with van der Waals surface area (Å²) in [5.74, 6) is 3.85. The highest BCUT2D eigenvalue weighted by Crippen LogP contribution is 2.19. The summed E-state index contributed by atoms with van der Waals surface area (Å²) >= 11 is 0. The molecule has 0 aliphatic rings. The molecule has 1 unspecified atom stereocenters. The number of nitrogens with one attached hydrogen (secondary N) is 1. The SMILES string of the molecule is NNC(Cc1cc(F)ccc1F)c1ccc(F)cn1. The van der Waals surface area contributed by atoms with Crippen LogP contribution in [0.25, 0.3) is 0 Å². The molecule has 0 amide bonds. The van der Waals surface area contributed by atoms with Crippen molar-refractivity contribution in [3.05, 3.63) is 65.2 Å². The summed E-state index contributed by atoms with van der Waals surface area (Å²) in [5.41, 5.74) is 3.09. The Morgan fingerprint density at radius 3 is 2.47 bits per heavy atom. The zero-order chi connectivity index (χ0) is 13.8. The van der Waals surface area contributed by atoms with E-state index in [1.807, 2.05) is 0 Å². The van der Waals surface area contributed by atoms with Gasteiger partial charge in [-0.05, 0) is 42.3 Å². The number of hydrazine groups is 1. The van der Waals surface area contributed by atoms with Crippen molar-refractivity contribution in [3.63, 3.8) is 0 Å². The fourth-order valence-electron chi connectivity index (χ4n) is 1.76. The van der Waals surface area contributed by atoms with Crippen LogP contribution in [0.3, 0.4) is 0 Å². The van der Waals surface area contributed by atoms with Crippen molar-refractivity contribution >= 4 is 0 Å². The zero-order valence-electron chi connectivity index (χ0n) is 9.91. The molecule has 1 heterocycles. The number of benzene rings is 1. The molecular formula is C13H12F3N3. The Bertz CT molecular complexity index is 558. The van der Waals surface area contributed by atoms with Crippen LogP contribution in [-0.2, 0) is 6.42 Å². The van der Waals surface area contributed by atoms with Crippen LogP contribution < -0.4 is 11.3 Å². The highest BCUT2D eigenvalue weighted by molar-refractivity contribution is 5.22. The van der Waals surface area contributed by atoms with Crippen molar-refractivity contribution in [3.8, 4) is 0 Å². The van der Waals surface area contributed by atoms with Crippen molar-refractivity contribution in [2.45, 2.75) is 12.5 Å². The lowest BCUT2D eigenvalue weighted by Crippen LogP contribution is -2.30. The summed E-state index contributed by atoms with van der Waals surface area (Å²) in [7, 11) is 0. The highest BCUT2D eigenvalue weighted by Gasteiger charge is 2.15. The minimum absolute atomic E-state index is 0.110. The van der Waals surface area contributed by atoms with E-state index in [4.69, 9.17) is 5.84 Å². The van der Waals surface area contributed by atoms with Gasteiger partial charge in [-0.1, -0.05) is 0 Å². The Labute approximate surface area is 108 Å². The van der Waals surface area contributed by atoms with Gasteiger partial charge in [0.2, 0.25) is 0 Å². The number of nitrogens with two attached hydrogens (primary N) is 1. The monoisotopic (exact) mass is 267 g/mol. The molecule has 0 saturated heterocycles. The van der Waals surface area contributed by atoms with Gasteiger partial charge in [0, 0.05) is 0 Å². The van der Waals surface area contributed by atoms with Crippen molar-refractivity contribution in [1.29, 1.82) is 0 Å². The van der Waals surface area contributed by atoms with Crippen LogP contribution in [0.1, 0.15) is 17.3 Å². The zero-order valence-corrected chi connectivity index (χ0v) is 9.91. The Morgan fingerprint density at radius 1 is 1.11 bits per heavy atom. The van der Waals surface area contributed by atoms with Gasteiger partial charge >= 0.3 is 0 Å². The standard InChI is InChI=1S/C13H12F3N3/c14-9-1-3-11(16)8(5-9)6-13(19-17)12-4-2-10(15)7-18-12/h1-5,7,13,19H,6,17H2. The first-order valence-corrected chi connectivity index (χ1v) is 5.61. The lowest BCUT2D eigenvalue weighted by atomic mass is 10.0. The summed E-state index contributed by atoms with van der Waals surface area (Å²) in [4.78, 5) is 3.86.